The van der Waals surface area contributed by atoms with E-state index >= 15 is 0 Å². The molecule has 2 aromatic rings. The summed E-state index contributed by atoms with van der Waals surface area (Å²) in [6.45, 7) is 0. The Morgan fingerprint density at radius 3 is 2.00 bits per heavy atom. The fourth-order valence-corrected chi connectivity index (χ4v) is 1.93. The van der Waals surface area contributed by atoms with Crippen LogP contribution in [0.4, 0.5) is 17.6 Å². The van der Waals surface area contributed by atoms with Crippen LogP contribution in [0.3, 0.4) is 0 Å². The first-order chi connectivity index (χ1) is 8.89. The normalized spacial score (nSPS) is 13.3. The molecule has 0 aromatic heterocycles. The Kier molecular flexibility index (Phi) is 3.46. The lowest BCUT2D eigenvalue weighted by Crippen LogP contribution is -2.22. The van der Waals surface area contributed by atoms with E-state index in [1.807, 2.05) is 0 Å². The molecule has 2 rings (SSSR count). The van der Waals surface area contributed by atoms with Gasteiger partial charge in [-0.25, -0.2) is 4.39 Å². The number of benzene rings is 2. The number of halogens is 4. The molecule has 5 heteroatoms. The fourth-order valence-electron chi connectivity index (χ4n) is 1.93. The van der Waals surface area contributed by atoms with Gasteiger partial charge in [0.2, 0.25) is 0 Å². The third-order valence-electron chi connectivity index (χ3n) is 2.78. The molecule has 0 bridgehead atoms. The summed E-state index contributed by atoms with van der Waals surface area (Å²) in [6, 6.07) is 9.32. The average Bonchev–Trinajstić information content (AvgIpc) is 2.33. The molecule has 1 nitrogen and oxygen atoms in total. The third-order valence-corrected chi connectivity index (χ3v) is 2.78. The number of alkyl halides is 3. The molecule has 1 N–H and O–H groups in total. The minimum Gasteiger partial charge on any atom is -0.508 e. The molecule has 1 unspecified atom stereocenters. The lowest BCUT2D eigenvalue weighted by atomic mass is 9.90. The van der Waals surface area contributed by atoms with Gasteiger partial charge in [-0.15, -0.1) is 0 Å². The fraction of sp³-hybridized carbons (Fsp3) is 0.143. The summed E-state index contributed by atoms with van der Waals surface area (Å²) in [7, 11) is 0. The Balaban J connectivity index is 2.55. The molecular weight excluding hydrogens is 260 g/mol. The van der Waals surface area contributed by atoms with E-state index in [-0.39, 0.29) is 11.1 Å². The van der Waals surface area contributed by atoms with Gasteiger partial charge in [-0.3, -0.25) is 0 Å². The highest BCUT2D eigenvalue weighted by Crippen LogP contribution is 2.43. The van der Waals surface area contributed by atoms with Crippen LogP contribution >= 0.6 is 0 Å². The first-order valence-electron chi connectivity index (χ1n) is 5.49. The van der Waals surface area contributed by atoms with Crippen LogP contribution in [0.15, 0.2) is 48.5 Å². The van der Waals surface area contributed by atoms with Gasteiger partial charge in [0.15, 0.2) is 0 Å². The number of para-hydroxylation sites is 1. The van der Waals surface area contributed by atoms with Crippen molar-refractivity contribution in [2.75, 3.05) is 0 Å². The summed E-state index contributed by atoms with van der Waals surface area (Å²) < 4.78 is 52.3. The average molecular weight is 270 g/mol. The van der Waals surface area contributed by atoms with Crippen LogP contribution in [0.1, 0.15) is 17.0 Å². The van der Waals surface area contributed by atoms with Crippen molar-refractivity contribution in [1.29, 1.82) is 0 Å². The molecule has 0 heterocycles. The van der Waals surface area contributed by atoms with Crippen LogP contribution in [0.5, 0.6) is 5.75 Å². The lowest BCUT2D eigenvalue weighted by molar-refractivity contribution is -0.141. The van der Waals surface area contributed by atoms with Crippen molar-refractivity contribution in [3.63, 3.8) is 0 Å². The molecule has 19 heavy (non-hydrogen) atoms. The molecule has 0 radical (unpaired) electrons. The Morgan fingerprint density at radius 1 is 0.895 bits per heavy atom. The minimum absolute atomic E-state index is 0.115. The predicted octanol–water partition coefficient (Wildman–Crippen LogP) is 4.23. The predicted molar refractivity (Wildman–Crippen MR) is 62.4 cm³/mol. The third kappa shape index (κ3) is 2.86. The SMILES string of the molecule is Oc1ccccc1C(c1ccc(F)cc1)C(F)(F)F. The summed E-state index contributed by atoms with van der Waals surface area (Å²) >= 11 is 0. The Labute approximate surface area is 107 Å². The first-order valence-corrected chi connectivity index (χ1v) is 5.49. The van der Waals surface area contributed by atoms with Gasteiger partial charge in [-0.2, -0.15) is 13.2 Å². The summed E-state index contributed by atoms with van der Waals surface area (Å²) in [5.41, 5.74) is -0.364. The van der Waals surface area contributed by atoms with Gasteiger partial charge in [0, 0.05) is 5.56 Å². The van der Waals surface area contributed by atoms with E-state index in [0.29, 0.717) is 0 Å². The van der Waals surface area contributed by atoms with Crippen LogP contribution < -0.4 is 0 Å². The maximum atomic E-state index is 13.2. The van der Waals surface area contributed by atoms with Gasteiger partial charge in [0.25, 0.3) is 0 Å². The number of phenols is 1. The summed E-state index contributed by atoms with van der Waals surface area (Å²) in [6.07, 6.45) is -4.57. The number of hydrogen-bond acceptors (Lipinski definition) is 1. The van der Waals surface area contributed by atoms with Crippen LogP contribution in [0, 0.1) is 5.82 Å². The van der Waals surface area contributed by atoms with Crippen molar-refractivity contribution in [3.05, 3.63) is 65.5 Å². The zero-order valence-corrected chi connectivity index (χ0v) is 9.66. The standard InChI is InChI=1S/C14H10F4O/c15-10-7-5-9(6-8-10)13(14(16,17)18)11-3-1-2-4-12(11)19/h1-8,13,19H. The second-order valence-corrected chi connectivity index (χ2v) is 4.08. The Morgan fingerprint density at radius 2 is 1.47 bits per heavy atom. The van der Waals surface area contributed by atoms with Gasteiger partial charge in [-0.05, 0) is 23.8 Å². The number of aromatic hydroxyl groups is 1. The maximum Gasteiger partial charge on any atom is 0.399 e. The minimum atomic E-state index is -4.57. The van der Waals surface area contributed by atoms with Gasteiger partial charge in [0.05, 0.1) is 0 Å². The number of rotatable bonds is 2. The summed E-state index contributed by atoms with van der Waals surface area (Å²) in [5.74, 6) is -3.02. The van der Waals surface area contributed by atoms with Crippen molar-refractivity contribution < 1.29 is 22.7 Å². The van der Waals surface area contributed by atoms with Crippen LogP contribution in [-0.2, 0) is 0 Å². The zero-order valence-electron chi connectivity index (χ0n) is 9.66. The molecule has 0 aliphatic carbocycles. The van der Waals surface area contributed by atoms with Gasteiger partial charge in [-0.1, -0.05) is 30.3 Å². The molecular formula is C14H10F4O. The highest BCUT2D eigenvalue weighted by molar-refractivity contribution is 5.42. The highest BCUT2D eigenvalue weighted by Gasteiger charge is 2.43. The van der Waals surface area contributed by atoms with E-state index in [2.05, 4.69) is 0 Å². The second kappa shape index (κ2) is 4.91. The largest absolute Gasteiger partial charge is 0.508 e. The van der Waals surface area contributed by atoms with Crippen molar-refractivity contribution >= 4 is 0 Å². The smallest absolute Gasteiger partial charge is 0.399 e. The quantitative estimate of drug-likeness (QED) is 0.810. The second-order valence-electron chi connectivity index (χ2n) is 4.08. The van der Waals surface area contributed by atoms with E-state index in [9.17, 15) is 22.7 Å². The molecule has 100 valence electrons. The van der Waals surface area contributed by atoms with Crippen molar-refractivity contribution in [2.45, 2.75) is 12.1 Å². The van der Waals surface area contributed by atoms with Gasteiger partial charge >= 0.3 is 6.18 Å². The molecule has 0 saturated heterocycles. The van der Waals surface area contributed by atoms with Crippen LogP contribution in [0.25, 0.3) is 0 Å². The molecule has 0 amide bonds. The molecule has 0 spiro atoms. The summed E-state index contributed by atoms with van der Waals surface area (Å²) in [5, 5.41) is 9.59. The molecule has 1 atom stereocenters. The van der Waals surface area contributed by atoms with E-state index < -0.39 is 23.7 Å². The molecule has 0 fully saturated rings. The highest BCUT2D eigenvalue weighted by atomic mass is 19.4. The molecule has 0 saturated carbocycles. The van der Waals surface area contributed by atoms with Gasteiger partial charge < -0.3 is 5.11 Å². The lowest BCUT2D eigenvalue weighted by Gasteiger charge is -2.22. The number of phenolic OH excluding ortho intramolecular Hbond substituents is 1. The molecule has 0 aliphatic heterocycles. The maximum absolute atomic E-state index is 13.2. The van der Waals surface area contributed by atoms with E-state index in [1.165, 1.54) is 24.3 Å². The van der Waals surface area contributed by atoms with Crippen molar-refractivity contribution in [3.8, 4) is 5.75 Å². The van der Waals surface area contributed by atoms with Crippen molar-refractivity contribution in [2.24, 2.45) is 0 Å². The Bertz CT molecular complexity index is 560. The van der Waals surface area contributed by atoms with E-state index in [4.69, 9.17) is 0 Å². The van der Waals surface area contributed by atoms with Crippen LogP contribution in [-0.4, -0.2) is 11.3 Å². The van der Waals surface area contributed by atoms with E-state index in [0.717, 1.165) is 24.3 Å². The zero-order chi connectivity index (χ0) is 14.0. The molecule has 2 aromatic carbocycles. The van der Waals surface area contributed by atoms with Crippen molar-refractivity contribution in [1.82, 2.24) is 0 Å². The number of hydrogen-bond donors (Lipinski definition) is 1. The van der Waals surface area contributed by atoms with E-state index in [1.54, 1.807) is 0 Å². The monoisotopic (exact) mass is 270 g/mol. The van der Waals surface area contributed by atoms with Crippen LogP contribution in [0.2, 0.25) is 0 Å². The first kappa shape index (κ1) is 13.4. The van der Waals surface area contributed by atoms with Gasteiger partial charge in [0.1, 0.15) is 17.5 Å². The Hall–Kier alpha value is -2.04. The summed E-state index contributed by atoms with van der Waals surface area (Å²) in [4.78, 5) is 0. The molecule has 0 aliphatic rings. The topological polar surface area (TPSA) is 20.2 Å².